The lowest BCUT2D eigenvalue weighted by molar-refractivity contribution is -0.0528. The molecule has 0 N–H and O–H groups in total. The summed E-state index contributed by atoms with van der Waals surface area (Å²) >= 11 is 6.30. The smallest absolute Gasteiger partial charge is 0.388 e. The zero-order valence-electron chi connectivity index (χ0n) is 20.9. The second-order valence-electron chi connectivity index (χ2n) is 8.71. The third kappa shape index (κ3) is 5.55. The number of oxazole rings is 1. The van der Waals surface area contributed by atoms with Crippen LogP contribution >= 0.6 is 11.6 Å². The Kier molecular flexibility index (Phi) is 6.96. The summed E-state index contributed by atoms with van der Waals surface area (Å²) in [6, 6.07) is 15.0. The summed E-state index contributed by atoms with van der Waals surface area (Å²) in [5.41, 5.74) is 4.15. The Morgan fingerprint density at radius 3 is 2.41 bits per heavy atom. The minimum absolute atomic E-state index is 0.188. The second-order valence-corrected chi connectivity index (χ2v) is 11.1. The monoisotopic (exact) mass is 570 g/mol. The van der Waals surface area contributed by atoms with Gasteiger partial charge < -0.3 is 9.15 Å². The molecule has 2 aromatic carbocycles. The summed E-state index contributed by atoms with van der Waals surface area (Å²) in [4.78, 5) is 8.67. The lowest BCUT2D eigenvalue weighted by atomic mass is 9.98. The standard InChI is InChI=1S/C27H21ClF2N4O4S/c1-15-22(28)14-34(33-15)23-9-7-18(17-5-4-6-20(11-17)39(3,35)36)12-21(23)26-25(32-16(2)37-26)19-8-10-24(31-13-19)38-27(29)30/h4-14,27H,1-3H3. The minimum Gasteiger partial charge on any atom is -0.440 e. The number of aromatic nitrogens is 4. The zero-order valence-corrected chi connectivity index (χ0v) is 22.5. The van der Waals surface area contributed by atoms with Gasteiger partial charge in [0.15, 0.2) is 21.5 Å². The van der Waals surface area contributed by atoms with Gasteiger partial charge in [0, 0.05) is 42.8 Å². The summed E-state index contributed by atoms with van der Waals surface area (Å²) in [6.07, 6.45) is 4.19. The Hall–Kier alpha value is -4.09. The molecule has 0 atom stereocenters. The molecule has 0 aliphatic heterocycles. The lowest BCUT2D eigenvalue weighted by Crippen LogP contribution is -2.03. The number of hydrogen-bond donors (Lipinski definition) is 0. The molecule has 0 bridgehead atoms. The fourth-order valence-corrected chi connectivity index (χ4v) is 4.85. The van der Waals surface area contributed by atoms with Crippen molar-refractivity contribution in [1.29, 1.82) is 0 Å². The molecule has 0 amide bonds. The van der Waals surface area contributed by atoms with E-state index in [1.165, 1.54) is 18.3 Å². The van der Waals surface area contributed by atoms with Crippen LogP contribution in [0.4, 0.5) is 8.78 Å². The van der Waals surface area contributed by atoms with E-state index in [0.29, 0.717) is 56.0 Å². The van der Waals surface area contributed by atoms with E-state index < -0.39 is 16.4 Å². The van der Waals surface area contributed by atoms with Crippen LogP contribution in [0.15, 0.2) is 76.3 Å². The maximum Gasteiger partial charge on any atom is 0.388 e. The van der Waals surface area contributed by atoms with E-state index in [9.17, 15) is 17.2 Å². The van der Waals surface area contributed by atoms with Gasteiger partial charge in [-0.25, -0.2) is 23.1 Å². The molecule has 0 radical (unpaired) electrons. The van der Waals surface area contributed by atoms with Crippen LogP contribution in [-0.2, 0) is 9.84 Å². The SMILES string of the molecule is Cc1nc(-c2ccc(OC(F)F)nc2)c(-c2cc(-c3cccc(S(C)(=O)=O)c3)ccc2-n2cc(Cl)c(C)n2)o1. The fourth-order valence-electron chi connectivity index (χ4n) is 4.05. The molecular weight excluding hydrogens is 550 g/mol. The predicted molar refractivity (Wildman–Crippen MR) is 142 cm³/mol. The first-order chi connectivity index (χ1) is 18.5. The first-order valence-corrected chi connectivity index (χ1v) is 13.8. The number of aryl methyl sites for hydroxylation is 2. The van der Waals surface area contributed by atoms with Crippen LogP contribution in [0.3, 0.4) is 0 Å². The van der Waals surface area contributed by atoms with E-state index in [1.807, 2.05) is 18.2 Å². The van der Waals surface area contributed by atoms with Crippen molar-refractivity contribution in [3.8, 4) is 45.3 Å². The highest BCUT2D eigenvalue weighted by Gasteiger charge is 2.22. The van der Waals surface area contributed by atoms with Gasteiger partial charge in [-0.1, -0.05) is 29.8 Å². The first-order valence-electron chi connectivity index (χ1n) is 11.6. The topological polar surface area (TPSA) is 100 Å². The number of hydrogen-bond acceptors (Lipinski definition) is 7. The Labute approximate surface area is 227 Å². The summed E-state index contributed by atoms with van der Waals surface area (Å²) in [5.74, 6) is 0.501. The van der Waals surface area contributed by atoms with Crippen molar-refractivity contribution in [3.05, 3.63) is 83.6 Å². The van der Waals surface area contributed by atoms with Crippen molar-refractivity contribution in [1.82, 2.24) is 19.7 Å². The highest BCUT2D eigenvalue weighted by atomic mass is 35.5. The van der Waals surface area contributed by atoms with E-state index in [0.717, 1.165) is 6.26 Å². The molecule has 5 rings (SSSR count). The molecule has 12 heteroatoms. The van der Waals surface area contributed by atoms with Crippen molar-refractivity contribution >= 4 is 21.4 Å². The average molecular weight is 571 g/mol. The van der Waals surface area contributed by atoms with Crippen molar-refractivity contribution in [2.75, 3.05) is 6.26 Å². The Morgan fingerprint density at radius 2 is 1.77 bits per heavy atom. The third-order valence-electron chi connectivity index (χ3n) is 5.88. The molecule has 0 unspecified atom stereocenters. The Morgan fingerprint density at radius 1 is 1.03 bits per heavy atom. The summed E-state index contributed by atoms with van der Waals surface area (Å²) in [7, 11) is -3.42. The van der Waals surface area contributed by atoms with E-state index in [2.05, 4.69) is 19.8 Å². The Balaban J connectivity index is 1.70. The summed E-state index contributed by atoms with van der Waals surface area (Å²) in [6.45, 7) is 0.467. The van der Waals surface area contributed by atoms with E-state index >= 15 is 0 Å². The van der Waals surface area contributed by atoms with Gasteiger partial charge in [-0.15, -0.1) is 0 Å². The van der Waals surface area contributed by atoms with Gasteiger partial charge in [-0.2, -0.15) is 13.9 Å². The molecule has 0 fully saturated rings. The van der Waals surface area contributed by atoms with E-state index in [4.69, 9.17) is 16.0 Å². The zero-order chi connectivity index (χ0) is 27.9. The highest BCUT2D eigenvalue weighted by Crippen LogP contribution is 2.39. The van der Waals surface area contributed by atoms with Gasteiger partial charge >= 0.3 is 6.61 Å². The van der Waals surface area contributed by atoms with Gasteiger partial charge in [-0.05, 0) is 48.4 Å². The molecule has 39 heavy (non-hydrogen) atoms. The maximum atomic E-state index is 12.6. The molecule has 0 aliphatic rings. The summed E-state index contributed by atoms with van der Waals surface area (Å²) < 4.78 is 61.5. The van der Waals surface area contributed by atoms with Crippen LogP contribution in [0.2, 0.25) is 5.02 Å². The normalized spacial score (nSPS) is 11.8. The molecule has 3 aromatic heterocycles. The van der Waals surface area contributed by atoms with Crippen LogP contribution in [0.25, 0.3) is 39.4 Å². The Bertz CT molecular complexity index is 1760. The fraction of sp³-hybridized carbons (Fsp3) is 0.148. The number of sulfone groups is 1. The molecule has 8 nitrogen and oxygen atoms in total. The highest BCUT2D eigenvalue weighted by molar-refractivity contribution is 7.90. The van der Waals surface area contributed by atoms with Crippen LogP contribution in [0, 0.1) is 13.8 Å². The average Bonchev–Trinajstić information content (AvgIpc) is 3.44. The molecule has 0 saturated heterocycles. The number of nitrogens with zero attached hydrogens (tertiary/aromatic N) is 4. The van der Waals surface area contributed by atoms with Crippen molar-refractivity contribution in [2.24, 2.45) is 0 Å². The van der Waals surface area contributed by atoms with Gasteiger partial charge in [-0.3, -0.25) is 0 Å². The van der Waals surface area contributed by atoms with Crippen molar-refractivity contribution < 1.29 is 26.4 Å². The number of ether oxygens (including phenoxy) is 1. The van der Waals surface area contributed by atoms with Crippen molar-refractivity contribution in [2.45, 2.75) is 25.4 Å². The minimum atomic E-state index is -3.42. The second kappa shape index (κ2) is 10.2. The number of pyridine rings is 1. The number of rotatable bonds is 7. The first kappa shape index (κ1) is 26.5. The maximum absolute atomic E-state index is 12.6. The van der Waals surface area contributed by atoms with Crippen LogP contribution in [0.1, 0.15) is 11.6 Å². The van der Waals surface area contributed by atoms with Crippen LogP contribution in [0.5, 0.6) is 5.88 Å². The van der Waals surface area contributed by atoms with E-state index in [1.54, 1.807) is 49.0 Å². The quantitative estimate of drug-likeness (QED) is 0.219. The van der Waals surface area contributed by atoms with Crippen LogP contribution < -0.4 is 4.74 Å². The van der Waals surface area contributed by atoms with Crippen LogP contribution in [-0.4, -0.2) is 41.0 Å². The molecule has 3 heterocycles. The van der Waals surface area contributed by atoms with Gasteiger partial charge in [0.25, 0.3) is 0 Å². The van der Waals surface area contributed by atoms with E-state index in [-0.39, 0.29) is 10.8 Å². The molecule has 0 aliphatic carbocycles. The number of alkyl halides is 2. The lowest BCUT2D eigenvalue weighted by Gasteiger charge is -2.13. The molecule has 0 spiro atoms. The number of halogens is 3. The molecule has 200 valence electrons. The predicted octanol–water partition coefficient (Wildman–Crippen LogP) is 6.53. The van der Waals surface area contributed by atoms with Crippen molar-refractivity contribution in [3.63, 3.8) is 0 Å². The molecular formula is C27H21ClF2N4O4S. The van der Waals surface area contributed by atoms with Gasteiger partial charge in [0.05, 0.1) is 21.3 Å². The van der Waals surface area contributed by atoms with Gasteiger partial charge in [0.1, 0.15) is 5.69 Å². The molecule has 5 aromatic rings. The number of benzene rings is 2. The third-order valence-corrected chi connectivity index (χ3v) is 7.36. The largest absolute Gasteiger partial charge is 0.440 e. The molecule has 0 saturated carbocycles. The summed E-state index contributed by atoms with van der Waals surface area (Å²) in [5, 5.41) is 4.98. The van der Waals surface area contributed by atoms with Gasteiger partial charge in [0.2, 0.25) is 5.88 Å².